The molecule has 2 fully saturated rings. The van der Waals surface area contributed by atoms with Gasteiger partial charge in [0.15, 0.2) is 0 Å². The molecule has 1 saturated carbocycles. The third-order valence-electron chi connectivity index (χ3n) is 4.98. The number of nitrogens with zero attached hydrogens (tertiary/aromatic N) is 2. The lowest BCUT2D eigenvalue weighted by molar-refractivity contribution is -0.120. The molecule has 1 saturated heterocycles. The molecule has 4 heteroatoms. The summed E-state index contributed by atoms with van der Waals surface area (Å²) < 4.78 is 0. The Morgan fingerprint density at radius 3 is 2.80 bits per heavy atom. The molecule has 1 aliphatic carbocycles. The van der Waals surface area contributed by atoms with Gasteiger partial charge >= 0.3 is 0 Å². The lowest BCUT2D eigenvalue weighted by Crippen LogP contribution is -2.46. The molecule has 0 bridgehead atoms. The number of likely N-dealkylation sites (N-methyl/N-ethyl adjacent to an activating group) is 1. The van der Waals surface area contributed by atoms with Crippen molar-refractivity contribution >= 4 is 6.29 Å². The topological polar surface area (TPSA) is 43.8 Å². The van der Waals surface area contributed by atoms with E-state index in [9.17, 15) is 9.90 Å². The van der Waals surface area contributed by atoms with Crippen LogP contribution >= 0.6 is 0 Å². The van der Waals surface area contributed by atoms with Crippen molar-refractivity contribution in [2.45, 2.75) is 51.2 Å². The number of likely N-dealkylation sites (tertiary alicyclic amines) is 1. The molecule has 1 heterocycles. The second-order valence-electron chi connectivity index (χ2n) is 7.42. The maximum absolute atomic E-state index is 11.7. The zero-order valence-electron chi connectivity index (χ0n) is 13.2. The van der Waals surface area contributed by atoms with Crippen molar-refractivity contribution in [1.29, 1.82) is 0 Å². The van der Waals surface area contributed by atoms with E-state index in [2.05, 4.69) is 30.8 Å². The molecule has 0 spiro atoms. The Balaban J connectivity index is 2.03. The second kappa shape index (κ2) is 6.54. The highest BCUT2D eigenvalue weighted by atomic mass is 16.3. The smallest absolute Gasteiger partial charge is 0.127 e. The molecule has 0 radical (unpaired) electrons. The normalized spacial score (nSPS) is 39.4. The summed E-state index contributed by atoms with van der Waals surface area (Å²) in [6, 6.07) is 0.383. The van der Waals surface area contributed by atoms with Crippen LogP contribution in [0.15, 0.2) is 0 Å². The quantitative estimate of drug-likeness (QED) is 0.774. The van der Waals surface area contributed by atoms with Gasteiger partial charge in [-0.15, -0.1) is 0 Å². The highest BCUT2D eigenvalue weighted by molar-refractivity contribution is 5.60. The second-order valence-corrected chi connectivity index (χ2v) is 7.42. The van der Waals surface area contributed by atoms with Crippen LogP contribution in [0.2, 0.25) is 0 Å². The van der Waals surface area contributed by atoms with Gasteiger partial charge in [-0.25, -0.2) is 0 Å². The van der Waals surface area contributed by atoms with Gasteiger partial charge in [0.2, 0.25) is 0 Å². The van der Waals surface area contributed by atoms with Gasteiger partial charge in [0.05, 0.1) is 6.10 Å². The standard InChI is InChI=1S/C16H30N2O2/c1-13-5-4-6-16(8-13,12-19)11-18-10-15(20)7-14(18)9-17(2)3/h12-15,20H,4-11H2,1-3H3. The number of aldehydes is 1. The fraction of sp³-hybridized carbons (Fsp3) is 0.938. The Morgan fingerprint density at radius 2 is 2.20 bits per heavy atom. The van der Waals surface area contributed by atoms with Gasteiger partial charge in [0, 0.05) is 31.1 Å². The highest BCUT2D eigenvalue weighted by Crippen LogP contribution is 2.39. The Hall–Kier alpha value is -0.450. The predicted molar refractivity (Wildman–Crippen MR) is 80.7 cm³/mol. The average molecular weight is 282 g/mol. The molecule has 0 aromatic carbocycles. The Morgan fingerprint density at radius 1 is 1.45 bits per heavy atom. The van der Waals surface area contributed by atoms with Gasteiger partial charge in [-0.2, -0.15) is 0 Å². The molecular weight excluding hydrogens is 252 g/mol. The monoisotopic (exact) mass is 282 g/mol. The fourth-order valence-corrected chi connectivity index (χ4v) is 4.16. The summed E-state index contributed by atoms with van der Waals surface area (Å²) >= 11 is 0. The van der Waals surface area contributed by atoms with E-state index >= 15 is 0 Å². The zero-order valence-corrected chi connectivity index (χ0v) is 13.2. The number of aliphatic hydroxyl groups is 1. The lowest BCUT2D eigenvalue weighted by atomic mass is 9.70. The van der Waals surface area contributed by atoms with Gasteiger partial charge in [-0.05, 0) is 39.3 Å². The molecule has 1 N–H and O–H groups in total. The van der Waals surface area contributed by atoms with Gasteiger partial charge < -0.3 is 14.8 Å². The van der Waals surface area contributed by atoms with Gasteiger partial charge in [0.25, 0.3) is 0 Å². The minimum absolute atomic E-state index is 0.174. The van der Waals surface area contributed by atoms with Crippen LogP contribution in [0.25, 0.3) is 0 Å². The maximum atomic E-state index is 11.7. The van der Waals surface area contributed by atoms with Crippen LogP contribution in [0, 0.1) is 11.3 Å². The number of aliphatic hydroxyl groups excluding tert-OH is 1. The lowest BCUT2D eigenvalue weighted by Gasteiger charge is -2.40. The summed E-state index contributed by atoms with van der Waals surface area (Å²) in [5.41, 5.74) is -0.174. The first-order valence-corrected chi connectivity index (χ1v) is 7.97. The number of hydrogen-bond acceptors (Lipinski definition) is 4. The number of β-amino-alcohol motifs (C(OH)–C–C–N with tert-alkyl or cyclic N) is 1. The number of carbonyl (C=O) groups is 1. The zero-order chi connectivity index (χ0) is 14.8. The van der Waals surface area contributed by atoms with Crippen molar-refractivity contribution < 1.29 is 9.90 Å². The minimum atomic E-state index is -0.232. The van der Waals surface area contributed by atoms with E-state index in [0.717, 1.165) is 45.3 Å². The van der Waals surface area contributed by atoms with Gasteiger partial charge in [-0.1, -0.05) is 19.8 Å². The molecular formula is C16H30N2O2. The van der Waals surface area contributed by atoms with E-state index in [-0.39, 0.29) is 11.5 Å². The summed E-state index contributed by atoms with van der Waals surface area (Å²) in [5, 5.41) is 9.97. The number of carbonyl (C=O) groups excluding carboxylic acids is 1. The van der Waals surface area contributed by atoms with E-state index in [4.69, 9.17) is 0 Å². The summed E-state index contributed by atoms with van der Waals surface area (Å²) in [4.78, 5) is 16.3. The average Bonchev–Trinajstić information content (AvgIpc) is 2.68. The van der Waals surface area contributed by atoms with Crippen molar-refractivity contribution in [1.82, 2.24) is 9.80 Å². The SMILES string of the molecule is CC1CCCC(C=O)(CN2CC(O)CC2CN(C)C)C1. The molecule has 4 atom stereocenters. The Kier molecular flexibility index (Phi) is 5.21. The van der Waals surface area contributed by atoms with Crippen LogP contribution in [0.4, 0.5) is 0 Å². The third kappa shape index (κ3) is 3.80. The summed E-state index contributed by atoms with van der Waals surface area (Å²) in [5.74, 6) is 0.647. The third-order valence-corrected chi connectivity index (χ3v) is 4.98. The van der Waals surface area contributed by atoms with Crippen molar-refractivity contribution in [2.24, 2.45) is 11.3 Å². The van der Waals surface area contributed by atoms with E-state index in [1.165, 1.54) is 12.7 Å². The molecule has 2 rings (SSSR count). The van der Waals surface area contributed by atoms with Crippen LogP contribution in [0.1, 0.15) is 39.0 Å². The maximum Gasteiger partial charge on any atom is 0.127 e. The van der Waals surface area contributed by atoms with Crippen LogP contribution in [-0.4, -0.2) is 67.1 Å². The van der Waals surface area contributed by atoms with Crippen molar-refractivity contribution in [2.75, 3.05) is 33.7 Å². The molecule has 4 unspecified atom stereocenters. The predicted octanol–water partition coefficient (Wildman–Crippen LogP) is 1.38. The van der Waals surface area contributed by atoms with Crippen LogP contribution in [-0.2, 0) is 4.79 Å². The van der Waals surface area contributed by atoms with Gasteiger partial charge in [-0.3, -0.25) is 4.90 Å². The molecule has 20 heavy (non-hydrogen) atoms. The first-order valence-electron chi connectivity index (χ1n) is 7.97. The molecule has 0 aromatic rings. The molecule has 1 aliphatic heterocycles. The summed E-state index contributed by atoms with van der Waals surface area (Å²) in [6.07, 6.45) is 6.25. The molecule has 0 amide bonds. The van der Waals surface area contributed by atoms with Crippen molar-refractivity contribution in [3.05, 3.63) is 0 Å². The molecule has 4 nitrogen and oxygen atoms in total. The Labute approximate surface area is 123 Å². The first-order chi connectivity index (χ1) is 9.44. The summed E-state index contributed by atoms with van der Waals surface area (Å²) in [7, 11) is 4.14. The summed E-state index contributed by atoms with van der Waals surface area (Å²) in [6.45, 7) is 4.77. The first kappa shape index (κ1) is 15.9. The fourth-order valence-electron chi connectivity index (χ4n) is 4.16. The molecule has 2 aliphatic rings. The van der Waals surface area contributed by atoms with E-state index in [1.54, 1.807) is 0 Å². The number of rotatable bonds is 5. The highest BCUT2D eigenvalue weighted by Gasteiger charge is 2.40. The van der Waals surface area contributed by atoms with Crippen molar-refractivity contribution in [3.8, 4) is 0 Å². The van der Waals surface area contributed by atoms with Crippen LogP contribution in [0.5, 0.6) is 0 Å². The molecule has 0 aromatic heterocycles. The van der Waals surface area contributed by atoms with E-state index in [0.29, 0.717) is 12.0 Å². The van der Waals surface area contributed by atoms with Crippen LogP contribution in [0.3, 0.4) is 0 Å². The Bertz CT molecular complexity index is 334. The van der Waals surface area contributed by atoms with Gasteiger partial charge in [0.1, 0.15) is 6.29 Å². The van der Waals surface area contributed by atoms with E-state index in [1.807, 2.05) is 0 Å². The molecule has 116 valence electrons. The van der Waals surface area contributed by atoms with Crippen molar-refractivity contribution in [3.63, 3.8) is 0 Å². The largest absolute Gasteiger partial charge is 0.392 e. The minimum Gasteiger partial charge on any atom is -0.392 e. The number of hydrogen-bond donors (Lipinski definition) is 1. The van der Waals surface area contributed by atoms with Crippen LogP contribution < -0.4 is 0 Å². The van der Waals surface area contributed by atoms with E-state index < -0.39 is 0 Å².